The van der Waals surface area contributed by atoms with Crippen molar-refractivity contribution in [3.8, 4) is 0 Å². The van der Waals surface area contributed by atoms with Gasteiger partial charge in [-0.2, -0.15) is 0 Å². The van der Waals surface area contributed by atoms with Crippen molar-refractivity contribution in [3.05, 3.63) is 69.5 Å². The highest BCUT2D eigenvalue weighted by molar-refractivity contribution is 6.34. The summed E-state index contributed by atoms with van der Waals surface area (Å²) in [5.41, 5.74) is 0.641. The van der Waals surface area contributed by atoms with Gasteiger partial charge < -0.3 is 14.5 Å². The summed E-state index contributed by atoms with van der Waals surface area (Å²) in [5.74, 6) is -0.377. The zero-order valence-corrected chi connectivity index (χ0v) is 21.5. The van der Waals surface area contributed by atoms with Gasteiger partial charge in [0.15, 0.2) is 0 Å². The predicted molar refractivity (Wildman–Crippen MR) is 133 cm³/mol. The number of amides is 2. The van der Waals surface area contributed by atoms with Crippen LogP contribution in [0.3, 0.4) is 0 Å². The molecule has 8 heteroatoms. The average molecular weight is 509 g/mol. The van der Waals surface area contributed by atoms with Gasteiger partial charge in [-0.05, 0) is 75.1 Å². The van der Waals surface area contributed by atoms with E-state index in [1.54, 1.807) is 47.2 Å². The highest BCUT2D eigenvalue weighted by Crippen LogP contribution is 2.40. The molecule has 0 saturated carbocycles. The van der Waals surface area contributed by atoms with Crippen LogP contribution in [0.4, 0.5) is 9.18 Å². The van der Waals surface area contributed by atoms with E-state index >= 15 is 0 Å². The number of likely N-dealkylation sites (tertiary alicyclic amines) is 1. The van der Waals surface area contributed by atoms with Crippen LogP contribution in [0.25, 0.3) is 0 Å². The molecule has 1 fully saturated rings. The number of hydrogen-bond donors (Lipinski definition) is 0. The summed E-state index contributed by atoms with van der Waals surface area (Å²) in [7, 11) is 1.74. The van der Waals surface area contributed by atoms with Crippen LogP contribution in [-0.4, -0.2) is 47.5 Å². The van der Waals surface area contributed by atoms with E-state index < -0.39 is 11.0 Å². The van der Waals surface area contributed by atoms with Crippen LogP contribution in [0.5, 0.6) is 0 Å². The summed E-state index contributed by atoms with van der Waals surface area (Å²) in [6.45, 7) is 6.76. The minimum Gasteiger partial charge on any atom is -0.444 e. The van der Waals surface area contributed by atoms with Crippen LogP contribution in [0.2, 0.25) is 10.0 Å². The molecule has 184 valence electrons. The first kappa shape index (κ1) is 26.3. The van der Waals surface area contributed by atoms with Gasteiger partial charge >= 0.3 is 6.09 Å². The van der Waals surface area contributed by atoms with Crippen molar-refractivity contribution >= 4 is 35.2 Å². The number of nitrogens with zero attached hydrogens (tertiary/aromatic N) is 2. The van der Waals surface area contributed by atoms with E-state index in [4.69, 9.17) is 27.9 Å². The third-order valence-electron chi connectivity index (χ3n) is 6.09. The predicted octanol–water partition coefficient (Wildman–Crippen LogP) is 6.45. The number of halogens is 3. The van der Waals surface area contributed by atoms with Crippen LogP contribution in [-0.2, 0) is 21.5 Å². The molecule has 2 amide bonds. The van der Waals surface area contributed by atoms with Crippen molar-refractivity contribution in [2.75, 3.05) is 20.1 Å². The summed E-state index contributed by atoms with van der Waals surface area (Å²) < 4.78 is 19.1. The lowest BCUT2D eigenvalue weighted by molar-refractivity contribution is -0.132. The van der Waals surface area contributed by atoms with Gasteiger partial charge in [0, 0.05) is 48.6 Å². The number of carbonyl (C=O) groups is 2. The fourth-order valence-electron chi connectivity index (χ4n) is 4.30. The molecule has 1 aliphatic rings. The van der Waals surface area contributed by atoms with Gasteiger partial charge in [0.05, 0.1) is 0 Å². The molecule has 3 rings (SSSR count). The Hall–Kier alpha value is -2.31. The summed E-state index contributed by atoms with van der Waals surface area (Å²) in [5, 5.41) is 1.03. The second kappa shape index (κ2) is 10.5. The Labute approximate surface area is 210 Å². The second-order valence-corrected chi connectivity index (χ2v) is 10.8. The molecule has 0 aromatic heterocycles. The van der Waals surface area contributed by atoms with E-state index in [0.29, 0.717) is 42.5 Å². The lowest BCUT2D eigenvalue weighted by atomic mass is 9.70. The third kappa shape index (κ3) is 6.86. The second-order valence-electron chi connectivity index (χ2n) is 9.96. The smallest absolute Gasteiger partial charge is 0.410 e. The normalized spacial score (nSPS) is 15.7. The highest BCUT2D eigenvalue weighted by atomic mass is 35.5. The number of rotatable bonds is 5. The molecule has 1 aliphatic heterocycles. The molecule has 1 heterocycles. The van der Waals surface area contributed by atoms with Crippen LogP contribution in [0.1, 0.15) is 51.2 Å². The van der Waals surface area contributed by atoms with Crippen molar-refractivity contribution < 1.29 is 18.7 Å². The minimum atomic E-state index is -0.579. The zero-order valence-electron chi connectivity index (χ0n) is 20.0. The number of carbonyl (C=O) groups excluding carboxylic acids is 2. The van der Waals surface area contributed by atoms with Gasteiger partial charge in [0.2, 0.25) is 5.91 Å². The van der Waals surface area contributed by atoms with E-state index in [9.17, 15) is 14.0 Å². The summed E-state index contributed by atoms with van der Waals surface area (Å²) in [6.07, 6.45) is 1.02. The van der Waals surface area contributed by atoms with Gasteiger partial charge in [0.1, 0.15) is 11.4 Å². The largest absolute Gasteiger partial charge is 0.444 e. The van der Waals surface area contributed by atoms with Crippen LogP contribution >= 0.6 is 23.2 Å². The minimum absolute atomic E-state index is 0.0499. The van der Waals surface area contributed by atoms with Gasteiger partial charge in [-0.1, -0.05) is 35.3 Å². The number of ether oxygens (including phenoxy) is 1. The van der Waals surface area contributed by atoms with Gasteiger partial charge in [-0.25, -0.2) is 9.18 Å². The molecule has 0 unspecified atom stereocenters. The van der Waals surface area contributed by atoms with Gasteiger partial charge in [-0.3, -0.25) is 4.79 Å². The van der Waals surface area contributed by atoms with E-state index in [1.165, 1.54) is 12.1 Å². The van der Waals surface area contributed by atoms with Gasteiger partial charge in [-0.15, -0.1) is 0 Å². The molecule has 0 aliphatic carbocycles. The molecule has 0 radical (unpaired) electrons. The first-order chi connectivity index (χ1) is 15.9. The maximum absolute atomic E-state index is 13.6. The average Bonchev–Trinajstić information content (AvgIpc) is 2.72. The molecule has 2 aromatic carbocycles. The molecular formula is C26H31Cl2FN2O3. The molecule has 0 spiro atoms. The standard InChI is InChI=1S/C26H31Cl2FN2O3/c1-25(2,3)34-24(33)31-11-9-26(10-12-31,19-5-7-22(29)8-6-19)16-23(32)30(4)17-18-13-20(27)15-21(28)14-18/h5-8,13-15H,9-12,16-17H2,1-4H3. The molecular weight excluding hydrogens is 478 g/mol. The lowest BCUT2D eigenvalue weighted by Crippen LogP contribution is -2.48. The van der Waals surface area contributed by atoms with E-state index in [1.807, 2.05) is 20.8 Å². The topological polar surface area (TPSA) is 49.9 Å². The Balaban J connectivity index is 1.77. The first-order valence-electron chi connectivity index (χ1n) is 11.3. The van der Waals surface area contributed by atoms with E-state index in [0.717, 1.165) is 11.1 Å². The van der Waals surface area contributed by atoms with Crippen molar-refractivity contribution in [1.29, 1.82) is 0 Å². The Morgan fingerprint density at radius 3 is 2.15 bits per heavy atom. The Kier molecular flexibility index (Phi) is 8.14. The van der Waals surface area contributed by atoms with E-state index in [2.05, 4.69) is 0 Å². The van der Waals surface area contributed by atoms with Crippen molar-refractivity contribution in [3.63, 3.8) is 0 Å². The third-order valence-corrected chi connectivity index (χ3v) is 6.52. The summed E-state index contributed by atoms with van der Waals surface area (Å²) >= 11 is 12.2. The fourth-order valence-corrected chi connectivity index (χ4v) is 4.87. The zero-order chi connectivity index (χ0) is 25.1. The monoisotopic (exact) mass is 508 g/mol. The molecule has 1 saturated heterocycles. The Bertz CT molecular complexity index is 1010. The molecule has 0 atom stereocenters. The lowest BCUT2D eigenvalue weighted by Gasteiger charge is -2.42. The van der Waals surface area contributed by atoms with Crippen LogP contribution in [0.15, 0.2) is 42.5 Å². The number of hydrogen-bond acceptors (Lipinski definition) is 3. The van der Waals surface area contributed by atoms with E-state index in [-0.39, 0.29) is 24.2 Å². The molecule has 0 bridgehead atoms. The summed E-state index contributed by atoms with van der Waals surface area (Å²) in [6, 6.07) is 11.5. The van der Waals surface area contributed by atoms with Crippen LogP contribution < -0.4 is 0 Å². The fraction of sp³-hybridized carbons (Fsp3) is 0.462. The number of benzene rings is 2. The molecule has 2 aromatic rings. The summed E-state index contributed by atoms with van der Waals surface area (Å²) in [4.78, 5) is 29.2. The van der Waals surface area contributed by atoms with Crippen molar-refractivity contribution in [1.82, 2.24) is 9.80 Å². The van der Waals surface area contributed by atoms with Crippen molar-refractivity contribution in [2.24, 2.45) is 0 Å². The quantitative estimate of drug-likeness (QED) is 0.466. The number of piperidine rings is 1. The maximum atomic E-state index is 13.6. The molecule has 0 N–H and O–H groups in total. The van der Waals surface area contributed by atoms with Crippen molar-refractivity contribution in [2.45, 2.75) is 57.6 Å². The Morgan fingerprint density at radius 2 is 1.62 bits per heavy atom. The molecule has 5 nitrogen and oxygen atoms in total. The van der Waals surface area contributed by atoms with Crippen LogP contribution in [0, 0.1) is 5.82 Å². The highest BCUT2D eigenvalue weighted by Gasteiger charge is 2.40. The first-order valence-corrected chi connectivity index (χ1v) is 12.1. The maximum Gasteiger partial charge on any atom is 0.410 e. The van der Waals surface area contributed by atoms with Gasteiger partial charge in [0.25, 0.3) is 0 Å². The Morgan fingerprint density at radius 1 is 1.06 bits per heavy atom. The molecule has 34 heavy (non-hydrogen) atoms. The SMILES string of the molecule is CN(Cc1cc(Cl)cc(Cl)c1)C(=O)CC1(c2ccc(F)cc2)CCN(C(=O)OC(C)(C)C)CC1.